The van der Waals surface area contributed by atoms with Crippen molar-refractivity contribution in [1.82, 2.24) is 9.99 Å². The molecule has 5 nitrogen and oxygen atoms in total. The molecule has 0 saturated heterocycles. The molecule has 19 heavy (non-hydrogen) atoms. The van der Waals surface area contributed by atoms with Crippen LogP contribution in [0.4, 0.5) is 0 Å². The molecule has 3 rings (SSSR count). The number of imide groups is 1. The topological polar surface area (TPSA) is 62.6 Å². The molecule has 2 aromatic rings. The molecule has 1 aliphatic heterocycles. The number of aromatic nitrogens is 1. The minimum Gasteiger partial charge on any atom is -0.267 e. The van der Waals surface area contributed by atoms with E-state index in [0.717, 1.165) is 10.0 Å². The van der Waals surface area contributed by atoms with Gasteiger partial charge in [-0.15, -0.1) is 11.3 Å². The highest BCUT2D eigenvalue weighted by Gasteiger charge is 2.35. The van der Waals surface area contributed by atoms with Gasteiger partial charge in [0.05, 0.1) is 28.0 Å². The van der Waals surface area contributed by atoms with E-state index in [0.29, 0.717) is 16.8 Å². The molecule has 1 aromatic carbocycles. The lowest BCUT2D eigenvalue weighted by Crippen LogP contribution is -2.24. The molecule has 0 atom stereocenters. The van der Waals surface area contributed by atoms with Gasteiger partial charge in [-0.1, -0.05) is 12.1 Å². The summed E-state index contributed by atoms with van der Waals surface area (Å²) in [7, 11) is 0. The summed E-state index contributed by atoms with van der Waals surface area (Å²) in [6, 6.07) is 6.69. The van der Waals surface area contributed by atoms with Crippen LogP contribution < -0.4 is 0 Å². The molecule has 6 heteroatoms. The van der Waals surface area contributed by atoms with E-state index in [1.165, 1.54) is 17.6 Å². The number of aryl methyl sites for hydroxylation is 1. The van der Waals surface area contributed by atoms with Gasteiger partial charge in [-0.2, -0.15) is 10.1 Å². The minimum absolute atomic E-state index is 0.388. The van der Waals surface area contributed by atoms with E-state index in [4.69, 9.17) is 0 Å². The van der Waals surface area contributed by atoms with Gasteiger partial charge in [0.25, 0.3) is 11.8 Å². The van der Waals surface area contributed by atoms with Crippen molar-refractivity contribution in [1.29, 1.82) is 0 Å². The van der Waals surface area contributed by atoms with Crippen LogP contribution in [0.15, 0.2) is 34.7 Å². The van der Waals surface area contributed by atoms with E-state index in [2.05, 4.69) is 10.1 Å². The SMILES string of the molecule is Cc1nc(/C=N\N2C(=O)c3ccccc3C2=O)cs1. The summed E-state index contributed by atoms with van der Waals surface area (Å²) in [4.78, 5) is 28.2. The fraction of sp³-hybridized carbons (Fsp3) is 0.0769. The first-order chi connectivity index (χ1) is 9.16. The number of hydrazone groups is 1. The van der Waals surface area contributed by atoms with Crippen molar-refractivity contribution < 1.29 is 9.59 Å². The van der Waals surface area contributed by atoms with Crippen LogP contribution in [-0.2, 0) is 0 Å². The Morgan fingerprint density at radius 1 is 1.21 bits per heavy atom. The maximum absolute atomic E-state index is 12.0. The molecular formula is C13H9N3O2S. The summed E-state index contributed by atoms with van der Waals surface area (Å²) in [5.74, 6) is -0.799. The smallest absolute Gasteiger partial charge is 0.267 e. The van der Waals surface area contributed by atoms with Crippen LogP contribution in [0, 0.1) is 6.92 Å². The number of carbonyl (C=O) groups excluding carboxylic acids is 2. The molecule has 2 heterocycles. The fourth-order valence-electron chi connectivity index (χ4n) is 1.84. The average Bonchev–Trinajstić information content (AvgIpc) is 2.93. The van der Waals surface area contributed by atoms with Crippen molar-refractivity contribution in [2.45, 2.75) is 6.92 Å². The average molecular weight is 271 g/mol. The molecule has 94 valence electrons. The van der Waals surface area contributed by atoms with Crippen LogP contribution in [0.2, 0.25) is 0 Å². The third-order valence-electron chi connectivity index (χ3n) is 2.71. The van der Waals surface area contributed by atoms with Crippen LogP contribution in [0.5, 0.6) is 0 Å². The molecule has 0 fully saturated rings. The Hall–Kier alpha value is -2.34. The molecule has 0 saturated carbocycles. The zero-order valence-corrected chi connectivity index (χ0v) is 10.8. The van der Waals surface area contributed by atoms with Crippen molar-refractivity contribution in [2.24, 2.45) is 5.10 Å². The van der Waals surface area contributed by atoms with Crippen LogP contribution in [0.3, 0.4) is 0 Å². The highest BCUT2D eigenvalue weighted by atomic mass is 32.1. The van der Waals surface area contributed by atoms with E-state index in [9.17, 15) is 9.59 Å². The first kappa shape index (κ1) is 11.7. The second-order valence-corrected chi connectivity index (χ2v) is 5.07. The summed E-state index contributed by atoms with van der Waals surface area (Å²) in [6.45, 7) is 1.88. The molecule has 0 spiro atoms. The zero-order chi connectivity index (χ0) is 13.4. The van der Waals surface area contributed by atoms with E-state index in [-0.39, 0.29) is 0 Å². The van der Waals surface area contributed by atoms with Gasteiger partial charge in [-0.3, -0.25) is 9.59 Å². The van der Waals surface area contributed by atoms with E-state index in [1.54, 1.807) is 24.3 Å². The third-order valence-corrected chi connectivity index (χ3v) is 3.51. The summed E-state index contributed by atoms with van der Waals surface area (Å²) in [5, 5.41) is 7.53. The summed E-state index contributed by atoms with van der Waals surface area (Å²) in [6.07, 6.45) is 1.42. The molecule has 0 unspecified atom stereocenters. The highest BCUT2D eigenvalue weighted by molar-refractivity contribution is 7.09. The van der Waals surface area contributed by atoms with Gasteiger partial charge in [-0.05, 0) is 19.1 Å². The quantitative estimate of drug-likeness (QED) is 0.620. The number of carbonyl (C=O) groups is 2. The molecular weight excluding hydrogens is 262 g/mol. The molecule has 1 aliphatic rings. The summed E-state index contributed by atoms with van der Waals surface area (Å²) in [5.41, 5.74) is 1.41. The van der Waals surface area contributed by atoms with Crippen LogP contribution in [0.25, 0.3) is 0 Å². The van der Waals surface area contributed by atoms with Crippen molar-refractivity contribution in [3.05, 3.63) is 51.5 Å². The van der Waals surface area contributed by atoms with Gasteiger partial charge in [0.2, 0.25) is 0 Å². The Morgan fingerprint density at radius 3 is 2.37 bits per heavy atom. The van der Waals surface area contributed by atoms with Crippen LogP contribution in [0.1, 0.15) is 31.4 Å². The number of rotatable bonds is 2. The predicted molar refractivity (Wildman–Crippen MR) is 71.4 cm³/mol. The van der Waals surface area contributed by atoms with E-state index < -0.39 is 11.8 Å². The van der Waals surface area contributed by atoms with Gasteiger partial charge in [0.15, 0.2) is 0 Å². The van der Waals surface area contributed by atoms with Gasteiger partial charge < -0.3 is 0 Å². The van der Waals surface area contributed by atoms with Crippen LogP contribution in [-0.4, -0.2) is 28.0 Å². The lowest BCUT2D eigenvalue weighted by Gasteiger charge is -2.04. The second-order valence-electron chi connectivity index (χ2n) is 4.00. The Balaban J connectivity index is 1.90. The number of hydrogen-bond donors (Lipinski definition) is 0. The summed E-state index contributed by atoms with van der Waals surface area (Å²) < 4.78 is 0. The first-order valence-electron chi connectivity index (χ1n) is 5.61. The van der Waals surface area contributed by atoms with Crippen LogP contribution >= 0.6 is 11.3 Å². The number of benzene rings is 1. The number of amides is 2. The van der Waals surface area contributed by atoms with Crippen molar-refractivity contribution in [3.8, 4) is 0 Å². The third kappa shape index (κ3) is 1.96. The second kappa shape index (κ2) is 4.40. The summed E-state index contributed by atoms with van der Waals surface area (Å²) >= 11 is 1.49. The van der Waals surface area contributed by atoms with E-state index in [1.807, 2.05) is 12.3 Å². The monoisotopic (exact) mass is 271 g/mol. The lowest BCUT2D eigenvalue weighted by atomic mass is 10.1. The van der Waals surface area contributed by atoms with Crippen molar-refractivity contribution >= 4 is 29.4 Å². The lowest BCUT2D eigenvalue weighted by molar-refractivity contribution is 0.0660. The molecule has 2 amide bonds. The van der Waals surface area contributed by atoms with Crippen molar-refractivity contribution in [3.63, 3.8) is 0 Å². The Bertz CT molecular complexity index is 670. The predicted octanol–water partition coefficient (Wildman–Crippen LogP) is 2.08. The standard InChI is InChI=1S/C13H9N3O2S/c1-8-15-9(7-19-8)6-14-16-12(17)10-4-2-3-5-11(10)13(16)18/h2-7H,1H3/b14-6-. The van der Waals surface area contributed by atoms with Gasteiger partial charge in [-0.25, -0.2) is 4.98 Å². The highest BCUT2D eigenvalue weighted by Crippen LogP contribution is 2.22. The number of thiazole rings is 1. The Morgan fingerprint density at radius 2 is 1.84 bits per heavy atom. The van der Waals surface area contributed by atoms with Gasteiger partial charge in [0.1, 0.15) is 0 Å². The Kier molecular flexibility index (Phi) is 2.72. The first-order valence-corrected chi connectivity index (χ1v) is 6.49. The molecule has 0 radical (unpaired) electrons. The van der Waals surface area contributed by atoms with E-state index >= 15 is 0 Å². The van der Waals surface area contributed by atoms with Gasteiger partial charge >= 0.3 is 0 Å². The molecule has 0 bridgehead atoms. The maximum Gasteiger partial charge on any atom is 0.282 e. The zero-order valence-electron chi connectivity index (χ0n) is 10.0. The molecule has 1 aromatic heterocycles. The van der Waals surface area contributed by atoms with Gasteiger partial charge in [0, 0.05) is 5.38 Å². The fourth-order valence-corrected chi connectivity index (χ4v) is 2.40. The molecule has 0 N–H and O–H groups in total. The number of fused-ring (bicyclic) bond motifs is 1. The normalized spacial score (nSPS) is 14.5. The largest absolute Gasteiger partial charge is 0.282 e. The number of nitrogens with zero attached hydrogens (tertiary/aromatic N) is 3. The maximum atomic E-state index is 12.0. The Labute approximate surface area is 113 Å². The van der Waals surface area contributed by atoms with Crippen molar-refractivity contribution in [2.75, 3.05) is 0 Å². The minimum atomic E-state index is -0.399. The molecule has 0 aliphatic carbocycles. The number of hydrogen-bond acceptors (Lipinski definition) is 5.